The van der Waals surface area contributed by atoms with Crippen LogP contribution >= 0.6 is 0 Å². The fourth-order valence-corrected chi connectivity index (χ4v) is 3.84. The molecule has 5 nitrogen and oxygen atoms in total. The molecule has 29 heavy (non-hydrogen) atoms. The van der Waals surface area contributed by atoms with Gasteiger partial charge in [-0.1, -0.05) is 39.3 Å². The molecule has 1 atom stereocenters. The minimum absolute atomic E-state index is 0.352. The molecule has 0 saturated heterocycles. The smallest absolute Gasteiger partial charge is 0.346 e. The molecule has 2 rings (SSSR count). The van der Waals surface area contributed by atoms with Gasteiger partial charge in [0, 0.05) is 0 Å². The minimum atomic E-state index is -0.498. The summed E-state index contributed by atoms with van der Waals surface area (Å²) < 4.78 is 22.5. The highest BCUT2D eigenvalue weighted by Gasteiger charge is 2.21. The first-order valence-corrected chi connectivity index (χ1v) is 10.9. The summed E-state index contributed by atoms with van der Waals surface area (Å²) in [5, 5.41) is 0. The van der Waals surface area contributed by atoms with E-state index in [4.69, 9.17) is 18.9 Å². The zero-order chi connectivity index (χ0) is 21.1. The van der Waals surface area contributed by atoms with Crippen LogP contribution < -0.4 is 4.74 Å². The van der Waals surface area contributed by atoms with Crippen LogP contribution in [-0.2, 0) is 20.6 Å². The number of ether oxygens (including phenoxy) is 4. The summed E-state index contributed by atoms with van der Waals surface area (Å²) in [5.74, 6) is 0.835. The number of hydrogen-bond donors (Lipinski definition) is 0. The van der Waals surface area contributed by atoms with Crippen molar-refractivity contribution < 1.29 is 23.7 Å². The number of carbonyl (C=O) groups excluding carboxylic acids is 1. The maximum Gasteiger partial charge on any atom is 0.346 e. The largest absolute Gasteiger partial charge is 0.464 e. The number of benzene rings is 1. The second kappa shape index (κ2) is 12.7. The quantitative estimate of drug-likeness (QED) is 0.195. The third-order valence-corrected chi connectivity index (χ3v) is 5.44. The highest BCUT2D eigenvalue weighted by Crippen LogP contribution is 2.29. The van der Waals surface area contributed by atoms with E-state index in [1.54, 1.807) is 12.1 Å². The molecule has 1 saturated carbocycles. The number of esters is 1. The second-order valence-corrected chi connectivity index (χ2v) is 7.61. The summed E-state index contributed by atoms with van der Waals surface area (Å²) in [6.45, 7) is 10.5. The van der Waals surface area contributed by atoms with Crippen LogP contribution in [0.5, 0.6) is 5.75 Å². The van der Waals surface area contributed by atoms with Gasteiger partial charge in [0.1, 0.15) is 11.3 Å². The molecule has 0 spiro atoms. The van der Waals surface area contributed by atoms with Gasteiger partial charge in [0.05, 0.1) is 25.6 Å². The lowest BCUT2D eigenvalue weighted by Crippen LogP contribution is -2.25. The summed E-state index contributed by atoms with van der Waals surface area (Å²) in [6.07, 6.45) is 9.25. The van der Waals surface area contributed by atoms with Gasteiger partial charge in [-0.15, -0.1) is 0 Å². The Morgan fingerprint density at radius 1 is 1.21 bits per heavy atom. The van der Waals surface area contributed by atoms with E-state index < -0.39 is 12.3 Å². The van der Waals surface area contributed by atoms with Crippen LogP contribution in [0.1, 0.15) is 75.2 Å². The molecule has 1 unspecified atom stereocenters. The fourth-order valence-electron chi connectivity index (χ4n) is 3.84. The predicted octanol–water partition coefficient (Wildman–Crippen LogP) is 5.67. The van der Waals surface area contributed by atoms with Crippen molar-refractivity contribution in [1.82, 2.24) is 0 Å². The van der Waals surface area contributed by atoms with Gasteiger partial charge in [-0.25, -0.2) is 4.79 Å². The van der Waals surface area contributed by atoms with E-state index in [0.29, 0.717) is 30.6 Å². The molecule has 0 N–H and O–H groups in total. The first-order valence-electron chi connectivity index (χ1n) is 10.9. The normalized spacial score (nSPS) is 20.1. The van der Waals surface area contributed by atoms with Crippen molar-refractivity contribution in [3.63, 3.8) is 0 Å². The van der Waals surface area contributed by atoms with E-state index in [1.165, 1.54) is 25.7 Å². The fraction of sp³-hybridized carbons (Fsp3) is 0.625. The van der Waals surface area contributed by atoms with E-state index >= 15 is 0 Å². The predicted molar refractivity (Wildman–Crippen MR) is 114 cm³/mol. The lowest BCUT2D eigenvalue weighted by atomic mass is 9.85. The Labute approximate surface area is 175 Å². The van der Waals surface area contributed by atoms with Gasteiger partial charge in [-0.05, 0) is 62.6 Å². The van der Waals surface area contributed by atoms with Crippen molar-refractivity contribution in [3.8, 4) is 5.75 Å². The van der Waals surface area contributed by atoms with Crippen LogP contribution in [0.4, 0.5) is 0 Å². The van der Waals surface area contributed by atoms with Crippen LogP contribution in [-0.4, -0.2) is 31.6 Å². The maximum absolute atomic E-state index is 12.2. The average molecular weight is 405 g/mol. The van der Waals surface area contributed by atoms with E-state index in [9.17, 15) is 4.79 Å². The lowest BCUT2D eigenvalue weighted by molar-refractivity contribution is -0.0954. The van der Waals surface area contributed by atoms with E-state index in [1.807, 2.05) is 19.9 Å². The van der Waals surface area contributed by atoms with Crippen LogP contribution in [0.3, 0.4) is 0 Å². The molecule has 0 aliphatic heterocycles. The molecule has 1 fully saturated rings. The van der Waals surface area contributed by atoms with Crippen LogP contribution in [0.2, 0.25) is 0 Å². The third-order valence-electron chi connectivity index (χ3n) is 5.44. The van der Waals surface area contributed by atoms with Gasteiger partial charge in [-0.2, -0.15) is 0 Å². The molecule has 1 aromatic carbocycles. The summed E-state index contributed by atoms with van der Waals surface area (Å²) in [5.41, 5.74) is 1.41. The van der Waals surface area contributed by atoms with Gasteiger partial charge in [0.25, 0.3) is 0 Å². The SMILES string of the molecule is C=COC(=O)c1cc(CC)ccc1OC(C)OCCOC1CCC(CCC)CC1. The molecule has 0 radical (unpaired) electrons. The zero-order valence-corrected chi connectivity index (χ0v) is 18.2. The van der Waals surface area contributed by atoms with Crippen molar-refractivity contribution >= 4 is 5.97 Å². The standard InChI is InChI=1S/C24H36O5/c1-5-8-20-9-12-21(13-10-20)28-16-15-27-18(4)29-23-14-11-19(6-2)17-22(23)24(25)26-7-3/h7,11,14,17-18,20-21H,3,5-6,8-10,12-13,15-16H2,1-2,4H3. The van der Waals surface area contributed by atoms with Gasteiger partial charge >= 0.3 is 5.97 Å². The zero-order valence-electron chi connectivity index (χ0n) is 18.2. The Hall–Kier alpha value is -1.85. The number of carbonyl (C=O) groups is 1. The molecule has 162 valence electrons. The van der Waals surface area contributed by atoms with Gasteiger partial charge < -0.3 is 18.9 Å². The summed E-state index contributed by atoms with van der Waals surface area (Å²) in [4.78, 5) is 12.2. The maximum atomic E-state index is 12.2. The van der Waals surface area contributed by atoms with E-state index in [-0.39, 0.29) is 0 Å². The number of aryl methyl sites for hydroxylation is 1. The van der Waals surface area contributed by atoms with Gasteiger partial charge in [-0.3, -0.25) is 0 Å². The Kier molecular flexibility index (Phi) is 10.2. The van der Waals surface area contributed by atoms with E-state index in [2.05, 4.69) is 13.5 Å². The molecule has 0 heterocycles. The monoisotopic (exact) mass is 404 g/mol. The lowest BCUT2D eigenvalue weighted by Gasteiger charge is -2.28. The van der Waals surface area contributed by atoms with Crippen LogP contribution in [0.15, 0.2) is 31.0 Å². The molecule has 0 bridgehead atoms. The van der Waals surface area contributed by atoms with Gasteiger partial charge in [0.2, 0.25) is 0 Å². The van der Waals surface area contributed by atoms with Crippen LogP contribution in [0.25, 0.3) is 0 Å². The Morgan fingerprint density at radius 2 is 1.97 bits per heavy atom. The molecule has 0 aromatic heterocycles. The highest BCUT2D eigenvalue weighted by atomic mass is 16.7. The molecular formula is C24H36O5. The van der Waals surface area contributed by atoms with Crippen molar-refractivity contribution in [2.75, 3.05) is 13.2 Å². The van der Waals surface area contributed by atoms with Crippen LogP contribution in [0, 0.1) is 5.92 Å². The van der Waals surface area contributed by atoms with E-state index in [0.717, 1.165) is 37.0 Å². The topological polar surface area (TPSA) is 54.0 Å². The highest BCUT2D eigenvalue weighted by molar-refractivity contribution is 5.93. The Bertz CT molecular complexity index is 634. The molecule has 5 heteroatoms. The minimum Gasteiger partial charge on any atom is -0.464 e. The molecular weight excluding hydrogens is 368 g/mol. The van der Waals surface area contributed by atoms with Crippen molar-refractivity contribution in [2.24, 2.45) is 5.92 Å². The first kappa shape index (κ1) is 23.4. The van der Waals surface area contributed by atoms with Crippen molar-refractivity contribution in [3.05, 3.63) is 42.2 Å². The number of rotatable bonds is 12. The number of hydrogen-bond acceptors (Lipinski definition) is 5. The van der Waals surface area contributed by atoms with Crippen molar-refractivity contribution in [1.29, 1.82) is 0 Å². The molecule has 1 aliphatic rings. The van der Waals surface area contributed by atoms with Crippen molar-refractivity contribution in [2.45, 2.75) is 78.1 Å². The Morgan fingerprint density at radius 3 is 2.62 bits per heavy atom. The average Bonchev–Trinajstić information content (AvgIpc) is 2.73. The third kappa shape index (κ3) is 7.82. The van der Waals surface area contributed by atoms with Gasteiger partial charge in [0.15, 0.2) is 6.29 Å². The summed E-state index contributed by atoms with van der Waals surface area (Å²) >= 11 is 0. The molecule has 0 amide bonds. The second-order valence-electron chi connectivity index (χ2n) is 7.61. The molecule has 1 aliphatic carbocycles. The summed E-state index contributed by atoms with van der Waals surface area (Å²) in [6, 6.07) is 5.50. The Balaban J connectivity index is 1.75. The summed E-state index contributed by atoms with van der Waals surface area (Å²) in [7, 11) is 0. The first-order chi connectivity index (χ1) is 14.1. The molecule has 1 aromatic rings.